The number of hydrogen-bond acceptors (Lipinski definition) is 4. The van der Waals surface area contributed by atoms with Crippen molar-refractivity contribution in [3.8, 4) is 0 Å². The third-order valence-electron chi connectivity index (χ3n) is 4.94. The molecule has 0 heterocycles. The van der Waals surface area contributed by atoms with Crippen molar-refractivity contribution >= 4 is 62.3 Å². The summed E-state index contributed by atoms with van der Waals surface area (Å²) < 4.78 is 39.5. The van der Waals surface area contributed by atoms with E-state index in [1.165, 1.54) is 11.0 Å². The van der Waals surface area contributed by atoms with Gasteiger partial charge in [-0.3, -0.25) is 13.9 Å². The van der Waals surface area contributed by atoms with Gasteiger partial charge in [-0.2, -0.15) is 0 Å². The first-order valence-electron chi connectivity index (χ1n) is 10.3. The zero-order valence-corrected chi connectivity index (χ0v) is 21.9. The van der Waals surface area contributed by atoms with E-state index in [0.29, 0.717) is 17.1 Å². The van der Waals surface area contributed by atoms with Gasteiger partial charge in [-0.25, -0.2) is 12.8 Å². The predicted octanol–water partition coefficient (Wildman–Crippen LogP) is 4.50. The number of benzene rings is 2. The van der Waals surface area contributed by atoms with Crippen molar-refractivity contribution in [3.63, 3.8) is 0 Å². The van der Waals surface area contributed by atoms with E-state index in [0.717, 1.165) is 22.7 Å². The van der Waals surface area contributed by atoms with Crippen molar-refractivity contribution < 1.29 is 22.4 Å². The van der Waals surface area contributed by atoms with Crippen LogP contribution in [0.4, 0.5) is 10.1 Å². The van der Waals surface area contributed by atoms with Gasteiger partial charge in [-0.15, -0.1) is 0 Å². The van der Waals surface area contributed by atoms with Crippen LogP contribution in [0.1, 0.15) is 25.8 Å². The Morgan fingerprint density at radius 3 is 2.24 bits per heavy atom. The fraction of sp³-hybridized carbons (Fsp3) is 0.364. The maximum Gasteiger partial charge on any atom is 0.244 e. The van der Waals surface area contributed by atoms with Crippen LogP contribution in [0.25, 0.3) is 0 Å². The molecule has 2 aromatic carbocycles. The second-order valence-corrected chi connectivity index (χ2v) is 10.6. The lowest BCUT2D eigenvalue weighted by atomic mass is 10.1. The summed E-state index contributed by atoms with van der Waals surface area (Å²) in [7, 11) is -3.96. The Morgan fingerprint density at radius 2 is 1.71 bits per heavy atom. The molecule has 0 fully saturated rings. The third kappa shape index (κ3) is 7.21. The predicted molar refractivity (Wildman–Crippen MR) is 133 cm³/mol. The zero-order valence-electron chi connectivity index (χ0n) is 18.8. The van der Waals surface area contributed by atoms with E-state index in [1.54, 1.807) is 32.0 Å². The quantitative estimate of drug-likeness (QED) is 0.470. The summed E-state index contributed by atoms with van der Waals surface area (Å²) in [5.74, 6) is -1.75. The summed E-state index contributed by atoms with van der Waals surface area (Å²) in [4.78, 5) is 27.5. The molecule has 0 bridgehead atoms. The molecule has 0 spiro atoms. The zero-order chi connectivity index (χ0) is 25.6. The van der Waals surface area contributed by atoms with Gasteiger partial charge >= 0.3 is 0 Å². The maximum absolute atomic E-state index is 13.6. The van der Waals surface area contributed by atoms with Gasteiger partial charge in [-0.05, 0) is 49.2 Å². The maximum atomic E-state index is 13.6. The minimum atomic E-state index is -3.96. The summed E-state index contributed by atoms with van der Waals surface area (Å²) in [6.07, 6.45) is 1.20. The molecule has 1 N–H and O–H groups in total. The molecule has 0 aliphatic carbocycles. The average Bonchev–Trinajstić information content (AvgIpc) is 2.75. The lowest BCUT2D eigenvalue weighted by Gasteiger charge is -2.33. The number of nitrogens with one attached hydrogen (secondary N) is 1. The smallest absolute Gasteiger partial charge is 0.244 e. The monoisotopic (exact) mass is 551 g/mol. The Balaban J connectivity index is 2.47. The highest BCUT2D eigenvalue weighted by Crippen LogP contribution is 2.26. The molecule has 34 heavy (non-hydrogen) atoms. The number of anilines is 1. The van der Waals surface area contributed by atoms with Gasteiger partial charge in [-0.1, -0.05) is 47.8 Å². The van der Waals surface area contributed by atoms with Gasteiger partial charge in [0.1, 0.15) is 18.4 Å². The van der Waals surface area contributed by atoms with Gasteiger partial charge in [0.25, 0.3) is 0 Å². The van der Waals surface area contributed by atoms with Crippen LogP contribution in [-0.2, 0) is 26.2 Å². The molecule has 0 saturated heterocycles. The van der Waals surface area contributed by atoms with Gasteiger partial charge in [0.2, 0.25) is 21.8 Å². The molecule has 0 aromatic heterocycles. The third-order valence-corrected chi connectivity index (χ3v) is 7.11. The first-order valence-corrected chi connectivity index (χ1v) is 13.3. The minimum Gasteiger partial charge on any atom is -0.355 e. The van der Waals surface area contributed by atoms with E-state index in [1.807, 2.05) is 0 Å². The second-order valence-electron chi connectivity index (χ2n) is 7.46. The molecule has 0 aliphatic rings. The molecule has 2 aromatic rings. The van der Waals surface area contributed by atoms with E-state index in [9.17, 15) is 22.4 Å². The van der Waals surface area contributed by atoms with Gasteiger partial charge < -0.3 is 10.2 Å². The summed E-state index contributed by atoms with van der Waals surface area (Å²) in [5, 5.41) is 3.01. The number of rotatable bonds is 10. The van der Waals surface area contributed by atoms with E-state index in [2.05, 4.69) is 5.32 Å². The van der Waals surface area contributed by atoms with Crippen LogP contribution in [0.2, 0.25) is 15.1 Å². The first kappa shape index (κ1) is 28.2. The molecule has 0 radical (unpaired) electrons. The van der Waals surface area contributed by atoms with E-state index >= 15 is 0 Å². The molecular formula is C22H25Cl3FN3O4S. The molecule has 0 aliphatic heterocycles. The van der Waals surface area contributed by atoms with Crippen LogP contribution in [0.3, 0.4) is 0 Å². The summed E-state index contributed by atoms with van der Waals surface area (Å²) >= 11 is 17.9. The molecule has 7 nitrogen and oxygen atoms in total. The van der Waals surface area contributed by atoms with Crippen LogP contribution in [-0.4, -0.2) is 50.5 Å². The number of hydrogen-bond donors (Lipinski definition) is 1. The Morgan fingerprint density at radius 1 is 1.03 bits per heavy atom. The van der Waals surface area contributed by atoms with Crippen LogP contribution < -0.4 is 9.62 Å². The lowest BCUT2D eigenvalue weighted by Crippen LogP contribution is -2.52. The molecule has 12 heteroatoms. The van der Waals surface area contributed by atoms with Crippen molar-refractivity contribution in [2.24, 2.45) is 0 Å². The van der Waals surface area contributed by atoms with Crippen molar-refractivity contribution in [2.75, 3.05) is 23.7 Å². The number of likely N-dealkylation sites (N-methyl/N-ethyl adjacent to an activating group) is 1. The highest BCUT2D eigenvalue weighted by Gasteiger charge is 2.31. The fourth-order valence-electron chi connectivity index (χ4n) is 3.30. The van der Waals surface area contributed by atoms with E-state index in [4.69, 9.17) is 34.8 Å². The summed E-state index contributed by atoms with van der Waals surface area (Å²) in [6, 6.07) is 7.26. The topological polar surface area (TPSA) is 86.8 Å². The van der Waals surface area contributed by atoms with Crippen LogP contribution in [0, 0.1) is 5.82 Å². The van der Waals surface area contributed by atoms with Gasteiger partial charge in [0.05, 0.1) is 27.0 Å². The Bertz CT molecular complexity index is 1160. The Kier molecular flexibility index (Phi) is 9.99. The van der Waals surface area contributed by atoms with Crippen LogP contribution in [0.15, 0.2) is 36.4 Å². The standard InChI is InChI=1S/C22H25Cl3FN3O4S/c1-4-20(22(31)27-5-2)28(12-14-6-8-16(23)17(24)10-14)21(30)13-29(34(3,32)33)15-7-9-19(26)18(25)11-15/h6-11,20H,4-5,12-13H2,1-3H3,(H,27,31)/t20-/m0/s1. The van der Waals surface area contributed by atoms with Crippen molar-refractivity contribution in [1.82, 2.24) is 10.2 Å². The first-order chi connectivity index (χ1) is 15.9. The number of amides is 2. The summed E-state index contributed by atoms with van der Waals surface area (Å²) in [6.45, 7) is 3.20. The number of sulfonamides is 1. The Labute approximate surface area is 213 Å². The van der Waals surface area contributed by atoms with Crippen molar-refractivity contribution in [3.05, 3.63) is 62.8 Å². The van der Waals surface area contributed by atoms with Crippen molar-refractivity contribution in [1.29, 1.82) is 0 Å². The second kappa shape index (κ2) is 12.1. The van der Waals surface area contributed by atoms with Gasteiger partial charge in [0, 0.05) is 13.1 Å². The lowest BCUT2D eigenvalue weighted by molar-refractivity contribution is -0.140. The normalized spacial score (nSPS) is 12.2. The average molecular weight is 553 g/mol. The number of carbonyl (C=O) groups excluding carboxylic acids is 2. The highest BCUT2D eigenvalue weighted by molar-refractivity contribution is 7.92. The SMILES string of the molecule is CCNC(=O)[C@H](CC)N(Cc1ccc(Cl)c(Cl)c1)C(=O)CN(c1ccc(F)c(Cl)c1)S(C)(=O)=O. The number of halogens is 4. The molecule has 186 valence electrons. The summed E-state index contributed by atoms with van der Waals surface area (Å²) in [5.41, 5.74) is 0.615. The van der Waals surface area contributed by atoms with Crippen molar-refractivity contribution in [2.45, 2.75) is 32.9 Å². The molecular weight excluding hydrogens is 528 g/mol. The van der Waals surface area contributed by atoms with E-state index in [-0.39, 0.29) is 34.6 Å². The van der Waals surface area contributed by atoms with Crippen LogP contribution in [0.5, 0.6) is 0 Å². The molecule has 2 amide bonds. The largest absolute Gasteiger partial charge is 0.355 e. The highest BCUT2D eigenvalue weighted by atomic mass is 35.5. The van der Waals surface area contributed by atoms with E-state index < -0.39 is 34.3 Å². The van der Waals surface area contributed by atoms with Crippen LogP contribution >= 0.6 is 34.8 Å². The number of nitrogens with zero attached hydrogens (tertiary/aromatic N) is 2. The molecule has 2 rings (SSSR count). The molecule has 1 atom stereocenters. The number of carbonyl (C=O) groups is 2. The molecule has 0 unspecified atom stereocenters. The minimum absolute atomic E-state index is 0.0165. The Hall–Kier alpha value is -2.07. The van der Waals surface area contributed by atoms with Gasteiger partial charge in [0.15, 0.2) is 0 Å². The molecule has 0 saturated carbocycles. The fourth-order valence-corrected chi connectivity index (χ4v) is 4.64.